The van der Waals surface area contributed by atoms with Crippen molar-refractivity contribution in [3.63, 3.8) is 0 Å². The van der Waals surface area contributed by atoms with E-state index < -0.39 is 19.7 Å². The molecule has 108 valence electrons. The van der Waals surface area contributed by atoms with Crippen molar-refractivity contribution in [1.29, 1.82) is 0 Å². The molecule has 0 aliphatic carbocycles. The highest BCUT2D eigenvalue weighted by molar-refractivity contribution is 7.91. The molecular formula is C12H17ClO4S2. The number of sulfone groups is 2. The molecule has 1 unspecified atom stereocenters. The number of halogens is 1. The minimum absolute atomic E-state index is 0.0115. The smallest absolute Gasteiger partial charge is 0.178 e. The molecule has 0 radical (unpaired) electrons. The normalized spacial score (nSPS) is 14.3. The molecule has 0 saturated carbocycles. The van der Waals surface area contributed by atoms with Crippen LogP contribution in [-0.2, 0) is 19.7 Å². The molecule has 4 nitrogen and oxygen atoms in total. The van der Waals surface area contributed by atoms with Gasteiger partial charge >= 0.3 is 0 Å². The van der Waals surface area contributed by atoms with Crippen LogP contribution < -0.4 is 0 Å². The fourth-order valence-corrected chi connectivity index (χ4v) is 4.27. The second-order valence-electron chi connectivity index (χ2n) is 4.42. The van der Waals surface area contributed by atoms with Crippen LogP contribution in [0, 0.1) is 5.92 Å². The molecule has 0 amide bonds. The Morgan fingerprint density at radius 1 is 1.00 bits per heavy atom. The van der Waals surface area contributed by atoms with Crippen LogP contribution in [0.4, 0.5) is 0 Å². The summed E-state index contributed by atoms with van der Waals surface area (Å²) in [6.45, 7) is 3.29. The van der Waals surface area contributed by atoms with E-state index in [2.05, 4.69) is 0 Å². The van der Waals surface area contributed by atoms with Gasteiger partial charge in [0.15, 0.2) is 19.7 Å². The Balaban J connectivity index is 3.06. The van der Waals surface area contributed by atoms with Crippen LogP contribution in [0.15, 0.2) is 34.1 Å². The Labute approximate surface area is 119 Å². The van der Waals surface area contributed by atoms with Crippen LogP contribution in [0.1, 0.15) is 13.8 Å². The molecule has 0 aliphatic heterocycles. The third-order valence-corrected chi connectivity index (χ3v) is 6.96. The van der Waals surface area contributed by atoms with E-state index in [-0.39, 0.29) is 33.1 Å². The molecule has 0 saturated heterocycles. The molecule has 0 aromatic heterocycles. The highest BCUT2D eigenvalue weighted by Gasteiger charge is 2.19. The molecule has 0 heterocycles. The first-order valence-electron chi connectivity index (χ1n) is 5.84. The summed E-state index contributed by atoms with van der Waals surface area (Å²) in [5, 5.41) is 0. The van der Waals surface area contributed by atoms with Crippen LogP contribution >= 0.6 is 11.6 Å². The Kier molecular flexibility index (Phi) is 5.41. The van der Waals surface area contributed by atoms with Crippen molar-refractivity contribution in [3.05, 3.63) is 24.3 Å². The number of alkyl halides is 1. The van der Waals surface area contributed by atoms with Gasteiger partial charge in [0.05, 0.1) is 21.3 Å². The van der Waals surface area contributed by atoms with Crippen molar-refractivity contribution < 1.29 is 16.8 Å². The van der Waals surface area contributed by atoms with Crippen molar-refractivity contribution in [2.75, 3.05) is 17.4 Å². The first kappa shape index (κ1) is 16.5. The van der Waals surface area contributed by atoms with Crippen LogP contribution in [0.3, 0.4) is 0 Å². The van der Waals surface area contributed by atoms with Gasteiger partial charge in [-0.3, -0.25) is 0 Å². The summed E-state index contributed by atoms with van der Waals surface area (Å²) in [6.07, 6.45) is 0. The second kappa shape index (κ2) is 6.24. The van der Waals surface area contributed by atoms with E-state index in [9.17, 15) is 16.8 Å². The van der Waals surface area contributed by atoms with Gasteiger partial charge in [0.2, 0.25) is 0 Å². The summed E-state index contributed by atoms with van der Waals surface area (Å²) >= 11 is 5.61. The maximum Gasteiger partial charge on any atom is 0.178 e. The number of benzene rings is 1. The largest absolute Gasteiger partial charge is 0.224 e. The zero-order chi connectivity index (χ0) is 14.7. The van der Waals surface area contributed by atoms with Crippen molar-refractivity contribution in [3.8, 4) is 0 Å². The van der Waals surface area contributed by atoms with E-state index in [1.165, 1.54) is 24.3 Å². The molecule has 19 heavy (non-hydrogen) atoms. The molecule has 1 aromatic rings. The predicted octanol–water partition coefficient (Wildman–Crippen LogP) is 2.13. The summed E-state index contributed by atoms with van der Waals surface area (Å²) in [6, 6.07) is 5.33. The van der Waals surface area contributed by atoms with Crippen LogP contribution in [-0.4, -0.2) is 34.2 Å². The first-order chi connectivity index (χ1) is 8.73. The van der Waals surface area contributed by atoms with Gasteiger partial charge in [0.1, 0.15) is 0 Å². The molecule has 0 bridgehead atoms. The third kappa shape index (κ3) is 4.19. The summed E-state index contributed by atoms with van der Waals surface area (Å²) in [4.78, 5) is 0.263. The molecule has 1 aromatic carbocycles. The minimum atomic E-state index is -3.42. The zero-order valence-electron chi connectivity index (χ0n) is 10.8. The third-order valence-electron chi connectivity index (χ3n) is 2.69. The number of hydrogen-bond acceptors (Lipinski definition) is 4. The summed E-state index contributed by atoms with van der Waals surface area (Å²) < 4.78 is 47.3. The fourth-order valence-electron chi connectivity index (χ4n) is 1.54. The van der Waals surface area contributed by atoms with E-state index >= 15 is 0 Å². The topological polar surface area (TPSA) is 68.3 Å². The van der Waals surface area contributed by atoms with Gasteiger partial charge in [0.25, 0.3) is 0 Å². The SMILES string of the molecule is CCS(=O)(=O)c1ccc(S(=O)(=O)CC(C)CCl)cc1. The van der Waals surface area contributed by atoms with Crippen molar-refractivity contribution in [2.45, 2.75) is 23.6 Å². The van der Waals surface area contributed by atoms with Gasteiger partial charge in [0, 0.05) is 5.88 Å². The average Bonchev–Trinajstić information content (AvgIpc) is 2.38. The predicted molar refractivity (Wildman–Crippen MR) is 76.1 cm³/mol. The molecule has 7 heteroatoms. The van der Waals surface area contributed by atoms with Gasteiger partial charge in [-0.25, -0.2) is 16.8 Å². The summed E-state index contributed by atoms with van der Waals surface area (Å²) in [7, 11) is -6.72. The molecular weight excluding hydrogens is 308 g/mol. The van der Waals surface area contributed by atoms with Gasteiger partial charge in [-0.05, 0) is 30.2 Å². The maximum absolute atomic E-state index is 12.0. The number of hydrogen-bond donors (Lipinski definition) is 0. The second-order valence-corrected chi connectivity index (χ2v) is 9.04. The molecule has 1 atom stereocenters. The van der Waals surface area contributed by atoms with E-state index in [1.54, 1.807) is 13.8 Å². The summed E-state index contributed by atoms with van der Waals surface area (Å²) in [5.41, 5.74) is 0. The minimum Gasteiger partial charge on any atom is -0.224 e. The van der Waals surface area contributed by atoms with Crippen LogP contribution in [0.5, 0.6) is 0 Å². The molecule has 0 fully saturated rings. The Morgan fingerprint density at radius 3 is 1.79 bits per heavy atom. The lowest BCUT2D eigenvalue weighted by molar-refractivity contribution is 0.582. The lowest BCUT2D eigenvalue weighted by Crippen LogP contribution is -2.15. The van der Waals surface area contributed by atoms with Crippen LogP contribution in [0.2, 0.25) is 0 Å². The van der Waals surface area contributed by atoms with Gasteiger partial charge in [-0.2, -0.15) is 0 Å². The lowest BCUT2D eigenvalue weighted by Gasteiger charge is -2.09. The summed E-state index contributed by atoms with van der Waals surface area (Å²) in [5.74, 6) is 0.0611. The van der Waals surface area contributed by atoms with Crippen LogP contribution in [0.25, 0.3) is 0 Å². The molecule has 0 N–H and O–H groups in total. The van der Waals surface area contributed by atoms with E-state index in [0.29, 0.717) is 0 Å². The monoisotopic (exact) mass is 324 g/mol. The first-order valence-corrected chi connectivity index (χ1v) is 9.68. The van der Waals surface area contributed by atoms with Gasteiger partial charge in [-0.1, -0.05) is 13.8 Å². The van der Waals surface area contributed by atoms with Gasteiger partial charge < -0.3 is 0 Å². The molecule has 0 spiro atoms. The van der Waals surface area contributed by atoms with Crippen molar-refractivity contribution >= 4 is 31.3 Å². The van der Waals surface area contributed by atoms with E-state index in [1.807, 2.05) is 0 Å². The van der Waals surface area contributed by atoms with Gasteiger partial charge in [-0.15, -0.1) is 11.6 Å². The highest BCUT2D eigenvalue weighted by Crippen LogP contribution is 2.18. The standard InChI is InChI=1S/C12H17ClO4S2/c1-3-18(14,15)11-4-6-12(7-5-11)19(16,17)9-10(2)8-13/h4-7,10H,3,8-9H2,1-2H3. The zero-order valence-corrected chi connectivity index (χ0v) is 13.2. The molecule has 1 rings (SSSR count). The Morgan fingerprint density at radius 2 is 1.42 bits per heavy atom. The fraction of sp³-hybridized carbons (Fsp3) is 0.500. The lowest BCUT2D eigenvalue weighted by atomic mass is 10.3. The maximum atomic E-state index is 12.0. The Bertz CT molecular complexity index is 618. The van der Waals surface area contributed by atoms with Crippen molar-refractivity contribution in [2.24, 2.45) is 5.92 Å². The van der Waals surface area contributed by atoms with E-state index in [0.717, 1.165) is 0 Å². The highest BCUT2D eigenvalue weighted by atomic mass is 35.5. The van der Waals surface area contributed by atoms with Crippen molar-refractivity contribution in [1.82, 2.24) is 0 Å². The quantitative estimate of drug-likeness (QED) is 0.752. The average molecular weight is 325 g/mol. The Hall–Kier alpha value is -0.590. The van der Waals surface area contributed by atoms with E-state index in [4.69, 9.17) is 11.6 Å². The molecule has 0 aliphatic rings. The number of rotatable bonds is 6.